The van der Waals surface area contributed by atoms with Gasteiger partial charge >= 0.3 is 5.97 Å². The Morgan fingerprint density at radius 1 is 1.11 bits per heavy atom. The van der Waals surface area contributed by atoms with Gasteiger partial charge in [0.25, 0.3) is 0 Å². The molecule has 1 aromatic carbocycles. The molecule has 3 heteroatoms. The van der Waals surface area contributed by atoms with E-state index >= 15 is 0 Å². The molecule has 0 atom stereocenters. The maximum Gasteiger partial charge on any atom is 0.337 e. The molecule has 1 saturated heterocycles. The van der Waals surface area contributed by atoms with Gasteiger partial charge in [-0.05, 0) is 43.6 Å². The topological polar surface area (TPSA) is 29.5 Å². The Bertz CT molecular complexity index is 378. The quantitative estimate of drug-likeness (QED) is 0.769. The monoisotopic (exact) mass is 247 g/mol. The predicted molar refractivity (Wildman–Crippen MR) is 71.5 cm³/mol. The minimum atomic E-state index is -0.267. The number of nitrogens with zero attached hydrogens (tertiary/aromatic N) is 1. The summed E-state index contributed by atoms with van der Waals surface area (Å²) in [5.41, 5.74) is 1.89. The number of benzene rings is 1. The summed E-state index contributed by atoms with van der Waals surface area (Å²) in [4.78, 5) is 13.8. The van der Waals surface area contributed by atoms with Crippen LogP contribution in [-0.2, 0) is 11.3 Å². The molecule has 0 aromatic heterocycles. The normalized spacial score (nSPS) is 17.2. The molecular formula is C15H21NO2. The molecule has 0 N–H and O–H groups in total. The Balaban J connectivity index is 1.94. The van der Waals surface area contributed by atoms with E-state index in [1.807, 2.05) is 24.3 Å². The van der Waals surface area contributed by atoms with E-state index in [-0.39, 0.29) is 5.97 Å². The number of methoxy groups -OCH3 is 1. The smallest absolute Gasteiger partial charge is 0.337 e. The van der Waals surface area contributed by atoms with Crippen LogP contribution in [0.25, 0.3) is 0 Å². The summed E-state index contributed by atoms with van der Waals surface area (Å²) in [6.07, 6.45) is 5.33. The highest BCUT2D eigenvalue weighted by Gasteiger charge is 2.10. The number of ether oxygens (including phenoxy) is 1. The molecule has 1 aliphatic rings. The zero-order valence-corrected chi connectivity index (χ0v) is 11.0. The molecule has 1 fully saturated rings. The van der Waals surface area contributed by atoms with Crippen LogP contribution in [0.2, 0.25) is 0 Å². The largest absolute Gasteiger partial charge is 0.465 e. The van der Waals surface area contributed by atoms with Gasteiger partial charge in [0, 0.05) is 6.54 Å². The van der Waals surface area contributed by atoms with Crippen molar-refractivity contribution < 1.29 is 9.53 Å². The van der Waals surface area contributed by atoms with E-state index in [9.17, 15) is 4.79 Å². The Morgan fingerprint density at radius 2 is 1.72 bits per heavy atom. The molecule has 0 radical (unpaired) electrons. The van der Waals surface area contributed by atoms with Crippen LogP contribution in [0, 0.1) is 0 Å². The minimum Gasteiger partial charge on any atom is -0.465 e. The van der Waals surface area contributed by atoms with Crippen LogP contribution < -0.4 is 0 Å². The van der Waals surface area contributed by atoms with Crippen LogP contribution in [0.3, 0.4) is 0 Å². The fourth-order valence-corrected chi connectivity index (χ4v) is 2.42. The average molecular weight is 247 g/mol. The van der Waals surface area contributed by atoms with Crippen LogP contribution in [0.15, 0.2) is 24.3 Å². The molecule has 98 valence electrons. The Labute approximate surface area is 109 Å². The van der Waals surface area contributed by atoms with Crippen molar-refractivity contribution in [3.63, 3.8) is 0 Å². The number of esters is 1. The molecular weight excluding hydrogens is 226 g/mol. The van der Waals surface area contributed by atoms with Crippen LogP contribution in [0.1, 0.15) is 41.6 Å². The fourth-order valence-electron chi connectivity index (χ4n) is 2.42. The van der Waals surface area contributed by atoms with Crippen molar-refractivity contribution in [2.75, 3.05) is 20.2 Å². The molecule has 1 aromatic rings. The number of carbonyl (C=O) groups excluding carboxylic acids is 1. The van der Waals surface area contributed by atoms with E-state index in [4.69, 9.17) is 4.74 Å². The fraction of sp³-hybridized carbons (Fsp3) is 0.533. The lowest BCUT2D eigenvalue weighted by molar-refractivity contribution is 0.0600. The molecule has 2 rings (SSSR count). The summed E-state index contributed by atoms with van der Waals surface area (Å²) in [5, 5.41) is 0. The third kappa shape index (κ3) is 3.57. The third-order valence-electron chi connectivity index (χ3n) is 3.48. The van der Waals surface area contributed by atoms with Gasteiger partial charge in [-0.2, -0.15) is 0 Å². The first-order valence-corrected chi connectivity index (χ1v) is 6.69. The standard InChI is InChI=1S/C15H21NO2/c1-18-15(17)14-8-6-13(7-9-14)12-16-10-4-2-3-5-11-16/h6-9H,2-5,10-12H2,1H3. The summed E-state index contributed by atoms with van der Waals surface area (Å²) in [6, 6.07) is 7.74. The second-order valence-electron chi connectivity index (χ2n) is 4.88. The van der Waals surface area contributed by atoms with Crippen LogP contribution >= 0.6 is 0 Å². The molecule has 1 aliphatic heterocycles. The highest BCUT2D eigenvalue weighted by molar-refractivity contribution is 5.89. The zero-order valence-electron chi connectivity index (χ0n) is 11.0. The first-order chi connectivity index (χ1) is 8.79. The second kappa shape index (κ2) is 6.55. The molecule has 0 spiro atoms. The van der Waals surface area contributed by atoms with Gasteiger partial charge in [0.2, 0.25) is 0 Å². The first kappa shape index (κ1) is 13.1. The van der Waals surface area contributed by atoms with Crippen LogP contribution in [-0.4, -0.2) is 31.1 Å². The van der Waals surface area contributed by atoms with E-state index in [2.05, 4.69) is 4.90 Å². The number of carbonyl (C=O) groups is 1. The maximum absolute atomic E-state index is 11.3. The SMILES string of the molecule is COC(=O)c1ccc(CN2CCCCCC2)cc1. The lowest BCUT2D eigenvalue weighted by Crippen LogP contribution is -2.23. The highest BCUT2D eigenvalue weighted by atomic mass is 16.5. The van der Waals surface area contributed by atoms with Crippen LogP contribution in [0.4, 0.5) is 0 Å². The Morgan fingerprint density at radius 3 is 2.28 bits per heavy atom. The second-order valence-corrected chi connectivity index (χ2v) is 4.88. The van der Waals surface area contributed by atoms with Crippen molar-refractivity contribution in [1.82, 2.24) is 4.90 Å². The van der Waals surface area contributed by atoms with Gasteiger partial charge < -0.3 is 4.74 Å². The van der Waals surface area contributed by atoms with E-state index in [1.54, 1.807) is 0 Å². The Kier molecular flexibility index (Phi) is 4.76. The molecule has 0 unspecified atom stereocenters. The molecule has 3 nitrogen and oxygen atoms in total. The Hall–Kier alpha value is -1.35. The molecule has 0 bridgehead atoms. The van der Waals surface area contributed by atoms with Gasteiger partial charge in [-0.25, -0.2) is 4.79 Å². The van der Waals surface area contributed by atoms with Crippen molar-refractivity contribution in [2.45, 2.75) is 32.2 Å². The van der Waals surface area contributed by atoms with Crippen molar-refractivity contribution in [3.8, 4) is 0 Å². The first-order valence-electron chi connectivity index (χ1n) is 6.69. The van der Waals surface area contributed by atoms with Crippen molar-refractivity contribution in [1.29, 1.82) is 0 Å². The average Bonchev–Trinajstić information content (AvgIpc) is 2.67. The van der Waals surface area contributed by atoms with Crippen molar-refractivity contribution in [2.24, 2.45) is 0 Å². The summed E-state index contributed by atoms with van der Waals surface area (Å²) < 4.78 is 4.69. The van der Waals surface area contributed by atoms with Crippen molar-refractivity contribution in [3.05, 3.63) is 35.4 Å². The maximum atomic E-state index is 11.3. The lowest BCUT2D eigenvalue weighted by atomic mass is 10.1. The van der Waals surface area contributed by atoms with Gasteiger partial charge in [0.05, 0.1) is 12.7 Å². The molecule has 0 saturated carbocycles. The summed E-state index contributed by atoms with van der Waals surface area (Å²) in [6.45, 7) is 3.37. The minimum absolute atomic E-state index is 0.267. The number of hydrogen-bond acceptors (Lipinski definition) is 3. The van der Waals surface area contributed by atoms with E-state index in [0.717, 1.165) is 6.54 Å². The highest BCUT2D eigenvalue weighted by Crippen LogP contribution is 2.14. The summed E-state index contributed by atoms with van der Waals surface area (Å²) >= 11 is 0. The number of hydrogen-bond donors (Lipinski definition) is 0. The molecule has 1 heterocycles. The molecule has 0 aliphatic carbocycles. The van der Waals surface area contributed by atoms with Gasteiger partial charge in [-0.15, -0.1) is 0 Å². The zero-order chi connectivity index (χ0) is 12.8. The number of rotatable bonds is 3. The summed E-state index contributed by atoms with van der Waals surface area (Å²) in [7, 11) is 1.41. The number of likely N-dealkylation sites (tertiary alicyclic amines) is 1. The molecule has 18 heavy (non-hydrogen) atoms. The third-order valence-corrected chi connectivity index (χ3v) is 3.48. The summed E-state index contributed by atoms with van der Waals surface area (Å²) in [5.74, 6) is -0.267. The van der Waals surface area contributed by atoms with E-state index < -0.39 is 0 Å². The van der Waals surface area contributed by atoms with E-state index in [0.29, 0.717) is 5.56 Å². The van der Waals surface area contributed by atoms with Crippen LogP contribution in [0.5, 0.6) is 0 Å². The lowest BCUT2D eigenvalue weighted by Gasteiger charge is -2.19. The van der Waals surface area contributed by atoms with E-state index in [1.165, 1.54) is 51.4 Å². The van der Waals surface area contributed by atoms with Gasteiger partial charge in [0.1, 0.15) is 0 Å². The molecule has 0 amide bonds. The van der Waals surface area contributed by atoms with Crippen molar-refractivity contribution >= 4 is 5.97 Å². The predicted octanol–water partition coefficient (Wildman–Crippen LogP) is 2.85. The van der Waals surface area contributed by atoms with Gasteiger partial charge in [-0.3, -0.25) is 4.90 Å². The van der Waals surface area contributed by atoms with Gasteiger partial charge in [-0.1, -0.05) is 25.0 Å². The van der Waals surface area contributed by atoms with Gasteiger partial charge in [0.15, 0.2) is 0 Å².